The molecule has 0 saturated carbocycles. The molecule has 1 aliphatic heterocycles. The highest BCUT2D eigenvalue weighted by atomic mass is 16.2. The molecule has 0 N–H and O–H groups in total. The van der Waals surface area contributed by atoms with Gasteiger partial charge in [0, 0.05) is 32.0 Å². The molecule has 1 amide bonds. The number of carbonyl (C=O) groups is 1. The molecule has 0 radical (unpaired) electrons. The fourth-order valence-corrected chi connectivity index (χ4v) is 4.00. The largest absolute Gasteiger partial charge is 0.338 e. The van der Waals surface area contributed by atoms with Crippen LogP contribution in [0.5, 0.6) is 0 Å². The average Bonchev–Trinajstić information content (AvgIpc) is 3.24. The van der Waals surface area contributed by atoms with E-state index < -0.39 is 0 Å². The van der Waals surface area contributed by atoms with Crippen molar-refractivity contribution in [2.45, 2.75) is 31.7 Å². The molecule has 4 heteroatoms. The molecule has 138 valence electrons. The van der Waals surface area contributed by atoms with Gasteiger partial charge in [-0.2, -0.15) is 0 Å². The number of imidazole rings is 1. The van der Waals surface area contributed by atoms with Crippen molar-refractivity contribution >= 4 is 16.9 Å². The number of carbonyl (C=O) groups excluding carboxylic acids is 1. The van der Waals surface area contributed by atoms with Gasteiger partial charge in [0.25, 0.3) is 0 Å². The predicted octanol–water partition coefficient (Wildman–Crippen LogP) is 4.17. The lowest BCUT2D eigenvalue weighted by Crippen LogP contribution is -2.25. The zero-order valence-corrected chi connectivity index (χ0v) is 15.6. The number of amides is 1. The molecule has 27 heavy (non-hydrogen) atoms. The van der Waals surface area contributed by atoms with Gasteiger partial charge in [-0.25, -0.2) is 4.98 Å². The molecule has 4 nitrogen and oxygen atoms in total. The number of aromatic nitrogens is 2. The van der Waals surface area contributed by atoms with Gasteiger partial charge in [0.15, 0.2) is 0 Å². The third-order valence-corrected chi connectivity index (χ3v) is 5.30. The summed E-state index contributed by atoms with van der Waals surface area (Å²) in [4.78, 5) is 19.1. The highest BCUT2D eigenvalue weighted by Gasteiger charge is 2.33. The van der Waals surface area contributed by atoms with Crippen LogP contribution >= 0.6 is 0 Å². The number of likely N-dealkylation sites (tertiary alicyclic amines) is 1. The Morgan fingerprint density at radius 1 is 1.11 bits per heavy atom. The van der Waals surface area contributed by atoms with Crippen LogP contribution in [0.15, 0.2) is 67.3 Å². The van der Waals surface area contributed by atoms with Crippen LogP contribution in [0.1, 0.15) is 30.1 Å². The van der Waals surface area contributed by atoms with Crippen molar-refractivity contribution in [1.29, 1.82) is 0 Å². The molecule has 0 bridgehead atoms. The molecule has 1 aliphatic rings. The van der Waals surface area contributed by atoms with Crippen LogP contribution in [0.3, 0.4) is 0 Å². The maximum Gasteiger partial charge on any atom is 0.223 e. The summed E-state index contributed by atoms with van der Waals surface area (Å²) >= 11 is 0. The summed E-state index contributed by atoms with van der Waals surface area (Å²) in [5.74, 6) is 1.40. The topological polar surface area (TPSA) is 38.1 Å². The zero-order chi connectivity index (χ0) is 18.6. The summed E-state index contributed by atoms with van der Waals surface area (Å²) < 4.78 is 2.33. The Kier molecular flexibility index (Phi) is 5.05. The highest BCUT2D eigenvalue weighted by molar-refractivity contribution is 5.81. The SMILES string of the molecule is C=CCN1CC(c2nc3ccccc3n2CCCc2ccccc2)CC1=O. The monoisotopic (exact) mass is 359 g/mol. The summed E-state index contributed by atoms with van der Waals surface area (Å²) in [7, 11) is 0. The Bertz CT molecular complexity index is 945. The molecule has 2 heterocycles. The van der Waals surface area contributed by atoms with Gasteiger partial charge < -0.3 is 9.47 Å². The number of rotatable bonds is 7. The lowest BCUT2D eigenvalue weighted by atomic mass is 10.1. The van der Waals surface area contributed by atoms with Gasteiger partial charge in [0.2, 0.25) is 5.91 Å². The minimum Gasteiger partial charge on any atom is -0.338 e. The molecule has 1 atom stereocenters. The van der Waals surface area contributed by atoms with E-state index in [-0.39, 0.29) is 11.8 Å². The molecule has 1 unspecified atom stereocenters. The maximum absolute atomic E-state index is 12.3. The van der Waals surface area contributed by atoms with Crippen molar-refractivity contribution in [3.63, 3.8) is 0 Å². The second-order valence-electron chi connectivity index (χ2n) is 7.19. The number of aryl methyl sites for hydroxylation is 2. The standard InChI is InChI=1S/C23H25N3O/c1-2-14-25-17-19(16-22(25)27)23-24-20-12-6-7-13-21(20)26(23)15-8-11-18-9-4-3-5-10-18/h2-7,9-10,12-13,19H,1,8,11,14-17H2. The number of nitrogens with zero attached hydrogens (tertiary/aromatic N) is 3. The van der Waals surface area contributed by atoms with Gasteiger partial charge in [0.1, 0.15) is 5.82 Å². The molecular formula is C23H25N3O. The van der Waals surface area contributed by atoms with Crippen molar-refractivity contribution in [1.82, 2.24) is 14.5 Å². The Morgan fingerprint density at radius 2 is 1.89 bits per heavy atom. The fourth-order valence-electron chi connectivity index (χ4n) is 4.00. The number of fused-ring (bicyclic) bond motifs is 1. The van der Waals surface area contributed by atoms with Crippen LogP contribution in [0.25, 0.3) is 11.0 Å². The van der Waals surface area contributed by atoms with Crippen LogP contribution in [0.4, 0.5) is 0 Å². The van der Waals surface area contributed by atoms with E-state index in [1.165, 1.54) is 5.56 Å². The lowest BCUT2D eigenvalue weighted by Gasteiger charge is -2.15. The third kappa shape index (κ3) is 3.65. The zero-order valence-electron chi connectivity index (χ0n) is 15.6. The third-order valence-electron chi connectivity index (χ3n) is 5.30. The minimum atomic E-state index is 0.154. The maximum atomic E-state index is 12.3. The summed E-state index contributed by atoms with van der Waals surface area (Å²) in [5, 5.41) is 0. The number of para-hydroxylation sites is 2. The first-order valence-electron chi connectivity index (χ1n) is 9.64. The number of benzene rings is 2. The van der Waals surface area contributed by atoms with Gasteiger partial charge in [-0.15, -0.1) is 6.58 Å². The van der Waals surface area contributed by atoms with E-state index in [1.807, 2.05) is 11.0 Å². The summed E-state index contributed by atoms with van der Waals surface area (Å²) in [6.07, 6.45) is 4.42. The quantitative estimate of drug-likeness (QED) is 0.594. The normalized spacial score (nSPS) is 17.0. The van der Waals surface area contributed by atoms with Crippen LogP contribution in [0, 0.1) is 0 Å². The Labute approximate surface area is 160 Å². The van der Waals surface area contributed by atoms with E-state index in [1.54, 1.807) is 6.08 Å². The molecule has 1 fully saturated rings. The Balaban J connectivity index is 1.58. The van der Waals surface area contributed by atoms with Gasteiger partial charge in [-0.05, 0) is 30.5 Å². The van der Waals surface area contributed by atoms with Crippen LogP contribution in [0.2, 0.25) is 0 Å². The predicted molar refractivity (Wildman–Crippen MR) is 109 cm³/mol. The second kappa shape index (κ2) is 7.78. The Morgan fingerprint density at radius 3 is 2.70 bits per heavy atom. The van der Waals surface area contributed by atoms with Gasteiger partial charge in [-0.3, -0.25) is 4.79 Å². The van der Waals surface area contributed by atoms with Crippen molar-refractivity contribution in [3.8, 4) is 0 Å². The Hall–Kier alpha value is -2.88. The van der Waals surface area contributed by atoms with Crippen LogP contribution in [-0.2, 0) is 17.8 Å². The van der Waals surface area contributed by atoms with E-state index in [9.17, 15) is 4.79 Å². The van der Waals surface area contributed by atoms with Crippen LogP contribution < -0.4 is 0 Å². The molecule has 4 rings (SSSR count). The van der Waals surface area contributed by atoms with E-state index in [0.717, 1.165) is 42.8 Å². The molecule has 3 aromatic rings. The summed E-state index contributed by atoms with van der Waals surface area (Å²) in [6.45, 7) is 6.02. The van der Waals surface area contributed by atoms with Crippen LogP contribution in [-0.4, -0.2) is 33.4 Å². The van der Waals surface area contributed by atoms with Crippen molar-refractivity contribution in [2.24, 2.45) is 0 Å². The number of hydrogen-bond acceptors (Lipinski definition) is 2. The first-order valence-corrected chi connectivity index (χ1v) is 9.64. The second-order valence-corrected chi connectivity index (χ2v) is 7.19. The summed E-state index contributed by atoms with van der Waals surface area (Å²) in [5.41, 5.74) is 3.54. The van der Waals surface area contributed by atoms with Crippen molar-refractivity contribution in [2.75, 3.05) is 13.1 Å². The van der Waals surface area contributed by atoms with E-state index >= 15 is 0 Å². The van der Waals surface area contributed by atoms with Crippen molar-refractivity contribution < 1.29 is 4.79 Å². The molecule has 1 saturated heterocycles. The van der Waals surface area contributed by atoms with Gasteiger partial charge in [0.05, 0.1) is 11.0 Å². The van der Waals surface area contributed by atoms with Crippen molar-refractivity contribution in [3.05, 3.63) is 78.6 Å². The van der Waals surface area contributed by atoms with E-state index in [2.05, 4.69) is 59.7 Å². The first-order chi connectivity index (χ1) is 13.3. The molecule has 2 aromatic carbocycles. The fraction of sp³-hybridized carbons (Fsp3) is 0.304. The molecule has 1 aromatic heterocycles. The van der Waals surface area contributed by atoms with Gasteiger partial charge in [-0.1, -0.05) is 48.5 Å². The lowest BCUT2D eigenvalue weighted by molar-refractivity contribution is -0.127. The molecule has 0 aliphatic carbocycles. The van der Waals surface area contributed by atoms with E-state index in [4.69, 9.17) is 4.98 Å². The highest BCUT2D eigenvalue weighted by Crippen LogP contribution is 2.30. The average molecular weight is 359 g/mol. The molecule has 0 spiro atoms. The summed E-state index contributed by atoms with van der Waals surface area (Å²) in [6, 6.07) is 18.9. The van der Waals surface area contributed by atoms with E-state index in [0.29, 0.717) is 13.0 Å². The first kappa shape index (κ1) is 17.5. The molecular weight excluding hydrogens is 334 g/mol. The smallest absolute Gasteiger partial charge is 0.223 e. The van der Waals surface area contributed by atoms with Gasteiger partial charge >= 0.3 is 0 Å². The minimum absolute atomic E-state index is 0.154. The number of hydrogen-bond donors (Lipinski definition) is 0.